The van der Waals surface area contributed by atoms with Crippen molar-refractivity contribution in [2.75, 3.05) is 0 Å². The second kappa shape index (κ2) is 3.59. The van der Waals surface area contributed by atoms with E-state index in [9.17, 15) is 0 Å². The van der Waals surface area contributed by atoms with Crippen LogP contribution in [0.1, 0.15) is 18.5 Å². The Hall–Kier alpha value is -1.07. The first kappa shape index (κ1) is 9.49. The second-order valence-corrected chi connectivity index (χ2v) is 3.52. The predicted octanol–water partition coefficient (Wildman–Crippen LogP) is -0.389. The Morgan fingerprint density at radius 3 is 2.64 bits per heavy atom. The highest BCUT2D eigenvalue weighted by atomic mass is 16.5. The Kier molecular flexibility index (Phi) is 2.43. The molecule has 74 valence electrons. The van der Waals surface area contributed by atoms with Crippen molar-refractivity contribution in [1.82, 2.24) is 4.98 Å². The zero-order valence-electron chi connectivity index (χ0n) is 7.97. The molecule has 0 bridgehead atoms. The quantitative estimate of drug-likeness (QED) is 0.641. The fourth-order valence-electron chi connectivity index (χ4n) is 1.24. The highest BCUT2D eigenvalue weighted by Crippen LogP contribution is 2.25. The van der Waals surface area contributed by atoms with E-state index in [1.165, 1.54) is 0 Å². The van der Waals surface area contributed by atoms with E-state index >= 15 is 0 Å². The van der Waals surface area contributed by atoms with E-state index in [1.54, 1.807) is 19.1 Å². The summed E-state index contributed by atoms with van der Waals surface area (Å²) in [5.41, 5.74) is 1.02. The Morgan fingerprint density at radius 2 is 2.14 bits per heavy atom. The SMILES string of the molecule is Cc1nc(OC2CC2)ccc1B(O)O. The Balaban J connectivity index is 2.16. The Bertz CT molecular complexity index is 339. The average Bonchev–Trinajstić information content (AvgIpc) is 2.87. The van der Waals surface area contributed by atoms with Gasteiger partial charge in [-0.3, -0.25) is 0 Å². The lowest BCUT2D eigenvalue weighted by atomic mass is 9.79. The number of hydrogen-bond acceptors (Lipinski definition) is 4. The van der Waals surface area contributed by atoms with E-state index in [4.69, 9.17) is 14.8 Å². The molecule has 0 atom stereocenters. The fourth-order valence-corrected chi connectivity index (χ4v) is 1.24. The van der Waals surface area contributed by atoms with E-state index < -0.39 is 7.12 Å². The minimum absolute atomic E-state index is 0.312. The van der Waals surface area contributed by atoms with Crippen molar-refractivity contribution < 1.29 is 14.8 Å². The summed E-state index contributed by atoms with van der Waals surface area (Å²) in [7, 11) is -1.46. The highest BCUT2D eigenvalue weighted by molar-refractivity contribution is 6.59. The van der Waals surface area contributed by atoms with Gasteiger partial charge in [-0.2, -0.15) is 0 Å². The predicted molar refractivity (Wildman–Crippen MR) is 52.4 cm³/mol. The van der Waals surface area contributed by atoms with Crippen LogP contribution in [0.5, 0.6) is 5.88 Å². The Morgan fingerprint density at radius 1 is 1.43 bits per heavy atom. The number of rotatable bonds is 3. The molecule has 1 heterocycles. The third-order valence-electron chi connectivity index (χ3n) is 2.19. The van der Waals surface area contributed by atoms with Crippen molar-refractivity contribution in [3.05, 3.63) is 17.8 Å². The summed E-state index contributed by atoms with van der Waals surface area (Å²) in [5.74, 6) is 0.564. The second-order valence-electron chi connectivity index (χ2n) is 3.52. The van der Waals surface area contributed by atoms with Crippen LogP contribution in [0.15, 0.2) is 12.1 Å². The number of hydrogen-bond donors (Lipinski definition) is 2. The third-order valence-corrected chi connectivity index (χ3v) is 2.19. The molecule has 0 spiro atoms. The van der Waals surface area contributed by atoms with Gasteiger partial charge in [0.25, 0.3) is 0 Å². The van der Waals surface area contributed by atoms with Crippen molar-refractivity contribution in [1.29, 1.82) is 0 Å². The summed E-state index contributed by atoms with van der Waals surface area (Å²) in [6.07, 6.45) is 2.49. The molecule has 14 heavy (non-hydrogen) atoms. The molecule has 4 nitrogen and oxygen atoms in total. The number of nitrogens with zero attached hydrogens (tertiary/aromatic N) is 1. The van der Waals surface area contributed by atoms with Crippen molar-refractivity contribution in [2.45, 2.75) is 25.9 Å². The summed E-state index contributed by atoms with van der Waals surface area (Å²) in [5, 5.41) is 17.9. The van der Waals surface area contributed by atoms with Gasteiger partial charge in [0, 0.05) is 11.2 Å². The van der Waals surface area contributed by atoms with Crippen LogP contribution in [0, 0.1) is 6.92 Å². The molecule has 1 saturated carbocycles. The summed E-state index contributed by atoms with van der Waals surface area (Å²) in [4.78, 5) is 4.13. The molecule has 0 saturated heterocycles. The van der Waals surface area contributed by atoms with Crippen molar-refractivity contribution >= 4 is 12.6 Å². The molecule has 0 aliphatic heterocycles. The van der Waals surface area contributed by atoms with Crippen LogP contribution in [0.4, 0.5) is 0 Å². The molecular formula is C9H12BNO3. The van der Waals surface area contributed by atoms with E-state index in [0.29, 0.717) is 23.1 Å². The highest BCUT2D eigenvalue weighted by Gasteiger charge is 2.24. The van der Waals surface area contributed by atoms with Gasteiger partial charge in [0.2, 0.25) is 5.88 Å². The van der Waals surface area contributed by atoms with E-state index in [-0.39, 0.29) is 0 Å². The maximum atomic E-state index is 8.96. The van der Waals surface area contributed by atoms with Crippen LogP contribution in [0.3, 0.4) is 0 Å². The maximum absolute atomic E-state index is 8.96. The van der Waals surface area contributed by atoms with Crippen molar-refractivity contribution in [3.63, 3.8) is 0 Å². The average molecular weight is 193 g/mol. The minimum Gasteiger partial charge on any atom is -0.474 e. The summed E-state index contributed by atoms with van der Waals surface area (Å²) in [6, 6.07) is 3.30. The lowest BCUT2D eigenvalue weighted by Gasteiger charge is -2.07. The third kappa shape index (κ3) is 2.05. The lowest BCUT2D eigenvalue weighted by molar-refractivity contribution is 0.290. The zero-order chi connectivity index (χ0) is 10.1. The van der Waals surface area contributed by atoms with Gasteiger partial charge in [0.15, 0.2) is 0 Å². The van der Waals surface area contributed by atoms with Gasteiger partial charge < -0.3 is 14.8 Å². The fraction of sp³-hybridized carbons (Fsp3) is 0.444. The lowest BCUT2D eigenvalue weighted by Crippen LogP contribution is -2.32. The van der Waals surface area contributed by atoms with Crippen LogP contribution in [-0.4, -0.2) is 28.3 Å². The van der Waals surface area contributed by atoms with E-state index in [2.05, 4.69) is 4.98 Å². The van der Waals surface area contributed by atoms with Gasteiger partial charge in [-0.25, -0.2) is 4.98 Å². The molecule has 1 fully saturated rings. The van der Waals surface area contributed by atoms with Crippen LogP contribution in [0.25, 0.3) is 0 Å². The van der Waals surface area contributed by atoms with Gasteiger partial charge in [-0.15, -0.1) is 0 Å². The molecule has 0 amide bonds. The molecule has 1 aromatic heterocycles. The first-order valence-corrected chi connectivity index (χ1v) is 4.67. The van der Waals surface area contributed by atoms with Gasteiger partial charge in [-0.05, 0) is 25.8 Å². The first-order valence-electron chi connectivity index (χ1n) is 4.67. The standard InChI is InChI=1S/C9H12BNO3/c1-6-8(10(12)13)4-5-9(11-6)14-7-2-3-7/h4-5,7,12-13H,2-3H2,1H3. The normalized spacial score (nSPS) is 15.4. The van der Waals surface area contributed by atoms with Crippen molar-refractivity contribution in [2.24, 2.45) is 0 Å². The van der Waals surface area contributed by atoms with Crippen LogP contribution in [0.2, 0.25) is 0 Å². The number of aromatic nitrogens is 1. The molecule has 1 aliphatic carbocycles. The molecular weight excluding hydrogens is 181 g/mol. The van der Waals surface area contributed by atoms with Gasteiger partial charge in [-0.1, -0.05) is 6.07 Å². The molecule has 1 aromatic rings. The molecule has 2 rings (SSSR count). The minimum atomic E-state index is -1.46. The van der Waals surface area contributed by atoms with Crippen LogP contribution < -0.4 is 10.2 Å². The molecule has 0 unspecified atom stereocenters. The monoisotopic (exact) mass is 193 g/mol. The number of pyridine rings is 1. The molecule has 1 aliphatic rings. The van der Waals surface area contributed by atoms with Crippen LogP contribution >= 0.6 is 0 Å². The van der Waals surface area contributed by atoms with Crippen LogP contribution in [-0.2, 0) is 0 Å². The molecule has 0 radical (unpaired) electrons. The van der Waals surface area contributed by atoms with Gasteiger partial charge in [0.1, 0.15) is 6.10 Å². The van der Waals surface area contributed by atoms with Gasteiger partial charge in [0.05, 0.1) is 0 Å². The van der Waals surface area contributed by atoms with Gasteiger partial charge >= 0.3 is 7.12 Å². The van der Waals surface area contributed by atoms with Crippen molar-refractivity contribution in [3.8, 4) is 5.88 Å². The van der Waals surface area contributed by atoms with E-state index in [1.807, 2.05) is 0 Å². The van der Waals surface area contributed by atoms with E-state index in [0.717, 1.165) is 12.8 Å². The summed E-state index contributed by atoms with van der Waals surface area (Å²) >= 11 is 0. The first-order chi connectivity index (χ1) is 6.66. The largest absolute Gasteiger partial charge is 0.490 e. The Labute approximate surface area is 82.7 Å². The molecule has 2 N–H and O–H groups in total. The topological polar surface area (TPSA) is 62.6 Å². The number of aryl methyl sites for hydroxylation is 1. The summed E-state index contributed by atoms with van der Waals surface area (Å²) < 4.78 is 5.47. The zero-order valence-corrected chi connectivity index (χ0v) is 7.97. The molecule has 0 aromatic carbocycles. The maximum Gasteiger partial charge on any atom is 0.490 e. The summed E-state index contributed by atoms with van der Waals surface area (Å²) in [6.45, 7) is 1.73. The number of ether oxygens (including phenoxy) is 1. The molecule has 5 heteroatoms. The smallest absolute Gasteiger partial charge is 0.474 e.